The first-order valence-corrected chi connectivity index (χ1v) is 9.03. The molecule has 5 nitrogen and oxygen atoms in total. The summed E-state index contributed by atoms with van der Waals surface area (Å²) in [5, 5.41) is 10.9. The zero-order valence-corrected chi connectivity index (χ0v) is 16.0. The fourth-order valence-electron chi connectivity index (χ4n) is 2.91. The van der Waals surface area contributed by atoms with Crippen molar-refractivity contribution in [2.75, 3.05) is 11.9 Å². The van der Waals surface area contributed by atoms with Gasteiger partial charge in [-0.15, -0.1) is 0 Å². The summed E-state index contributed by atoms with van der Waals surface area (Å²) >= 11 is 0. The molecule has 1 heterocycles. The normalized spacial score (nSPS) is 11.1. The van der Waals surface area contributed by atoms with Gasteiger partial charge in [0, 0.05) is 30.0 Å². The second kappa shape index (κ2) is 8.81. The minimum Gasteiger partial charge on any atom is -0.326 e. The van der Waals surface area contributed by atoms with E-state index in [4.69, 9.17) is 0 Å². The Balaban J connectivity index is 2.04. The number of anilines is 1. The van der Waals surface area contributed by atoms with Crippen LogP contribution >= 0.6 is 0 Å². The molecule has 1 aromatic heterocycles. The van der Waals surface area contributed by atoms with E-state index in [1.54, 1.807) is 0 Å². The van der Waals surface area contributed by atoms with Gasteiger partial charge in [0.25, 0.3) is 0 Å². The molecule has 0 atom stereocenters. The van der Waals surface area contributed by atoms with Gasteiger partial charge in [-0.25, -0.2) is 0 Å². The second-order valence-electron chi connectivity index (χ2n) is 6.93. The molecular weight excluding hydrogens is 312 g/mol. The van der Waals surface area contributed by atoms with E-state index in [1.165, 1.54) is 0 Å². The third kappa shape index (κ3) is 5.43. The third-order valence-electron chi connectivity index (χ3n) is 4.20. The van der Waals surface area contributed by atoms with Crippen molar-refractivity contribution in [2.45, 2.75) is 54.1 Å². The molecule has 136 valence electrons. The van der Waals surface area contributed by atoms with Crippen molar-refractivity contribution in [3.8, 4) is 0 Å². The van der Waals surface area contributed by atoms with Crippen molar-refractivity contribution in [3.05, 3.63) is 46.8 Å². The number of aromatic nitrogens is 2. The number of benzene rings is 1. The van der Waals surface area contributed by atoms with Gasteiger partial charge in [0.15, 0.2) is 0 Å². The summed E-state index contributed by atoms with van der Waals surface area (Å²) in [6.45, 7) is 13.0. The maximum absolute atomic E-state index is 12.5. The molecule has 0 aliphatic carbocycles. The summed E-state index contributed by atoms with van der Waals surface area (Å²) in [6, 6.07) is 7.97. The van der Waals surface area contributed by atoms with E-state index in [1.807, 2.05) is 36.7 Å². The quantitative estimate of drug-likeness (QED) is 0.772. The summed E-state index contributed by atoms with van der Waals surface area (Å²) in [6.07, 6.45) is 0.354. The van der Waals surface area contributed by atoms with Crippen LogP contribution in [0.25, 0.3) is 0 Å². The van der Waals surface area contributed by atoms with E-state index in [2.05, 4.69) is 42.6 Å². The number of carbonyl (C=O) groups is 1. The maximum Gasteiger partial charge on any atom is 0.228 e. The Bertz CT molecular complexity index is 718. The van der Waals surface area contributed by atoms with Gasteiger partial charge >= 0.3 is 0 Å². The number of carbonyl (C=O) groups excluding carboxylic acids is 1. The van der Waals surface area contributed by atoms with E-state index in [0.717, 1.165) is 47.8 Å². The molecular formula is C20H30N4O. The number of amides is 1. The number of hydrogen-bond donors (Lipinski definition) is 2. The van der Waals surface area contributed by atoms with E-state index in [-0.39, 0.29) is 5.91 Å². The highest BCUT2D eigenvalue weighted by Gasteiger charge is 2.15. The molecule has 2 rings (SSSR count). The lowest BCUT2D eigenvalue weighted by Gasteiger charge is -2.09. The smallest absolute Gasteiger partial charge is 0.228 e. The van der Waals surface area contributed by atoms with Crippen LogP contribution in [0.2, 0.25) is 0 Å². The highest BCUT2D eigenvalue weighted by molar-refractivity contribution is 5.92. The van der Waals surface area contributed by atoms with Gasteiger partial charge in [-0.05, 0) is 44.0 Å². The van der Waals surface area contributed by atoms with Crippen molar-refractivity contribution in [2.24, 2.45) is 5.92 Å². The number of aryl methyl sites for hydroxylation is 1. The Kier molecular flexibility index (Phi) is 6.76. The Morgan fingerprint density at radius 2 is 2.04 bits per heavy atom. The molecule has 1 aromatic carbocycles. The second-order valence-corrected chi connectivity index (χ2v) is 6.93. The van der Waals surface area contributed by atoms with Gasteiger partial charge in [-0.1, -0.05) is 32.9 Å². The molecule has 1 amide bonds. The minimum atomic E-state index is -0.00380. The van der Waals surface area contributed by atoms with Crippen LogP contribution in [0.4, 0.5) is 5.69 Å². The Hall–Kier alpha value is -2.14. The number of rotatable bonds is 8. The first-order chi connectivity index (χ1) is 11.9. The summed E-state index contributed by atoms with van der Waals surface area (Å²) in [5.41, 5.74) is 5.06. The van der Waals surface area contributed by atoms with Crippen LogP contribution < -0.4 is 10.6 Å². The first-order valence-electron chi connectivity index (χ1n) is 9.03. The van der Waals surface area contributed by atoms with Crippen molar-refractivity contribution >= 4 is 11.6 Å². The third-order valence-corrected chi connectivity index (χ3v) is 4.20. The van der Waals surface area contributed by atoms with Gasteiger partial charge in [-0.2, -0.15) is 5.10 Å². The topological polar surface area (TPSA) is 58.9 Å². The van der Waals surface area contributed by atoms with Crippen molar-refractivity contribution < 1.29 is 4.79 Å². The fourth-order valence-corrected chi connectivity index (χ4v) is 2.91. The summed E-state index contributed by atoms with van der Waals surface area (Å²) in [4.78, 5) is 12.5. The molecule has 0 bridgehead atoms. The maximum atomic E-state index is 12.5. The van der Waals surface area contributed by atoms with Crippen LogP contribution in [-0.2, 0) is 24.3 Å². The van der Waals surface area contributed by atoms with Gasteiger partial charge in [0.1, 0.15) is 0 Å². The monoisotopic (exact) mass is 342 g/mol. The molecule has 2 aromatic rings. The molecule has 0 spiro atoms. The minimum absolute atomic E-state index is 0.00380. The largest absolute Gasteiger partial charge is 0.326 e. The molecule has 0 saturated carbocycles. The lowest BCUT2D eigenvalue weighted by atomic mass is 10.1. The standard InChI is InChI=1S/C20H30N4O/c1-6-21-12-17-8-7-9-18(10-17)22-20(25)11-19-15(4)23-24(16(19)5)13-14(2)3/h7-10,14,21H,6,11-13H2,1-5H3,(H,22,25). The SMILES string of the molecule is CCNCc1cccc(NC(=O)Cc2c(C)nn(CC(C)C)c2C)c1. The number of hydrogen-bond acceptors (Lipinski definition) is 3. The molecule has 5 heteroatoms. The van der Waals surface area contributed by atoms with Gasteiger partial charge in [-0.3, -0.25) is 9.48 Å². The zero-order valence-electron chi connectivity index (χ0n) is 16.0. The van der Waals surface area contributed by atoms with E-state index >= 15 is 0 Å². The molecule has 2 N–H and O–H groups in total. The van der Waals surface area contributed by atoms with Crippen LogP contribution in [0.3, 0.4) is 0 Å². The van der Waals surface area contributed by atoms with E-state index in [9.17, 15) is 4.79 Å². The molecule has 0 aliphatic heterocycles. The van der Waals surface area contributed by atoms with Crippen LogP contribution in [0, 0.1) is 19.8 Å². The summed E-state index contributed by atoms with van der Waals surface area (Å²) in [7, 11) is 0. The van der Waals surface area contributed by atoms with Crippen molar-refractivity contribution in [1.82, 2.24) is 15.1 Å². The average Bonchev–Trinajstić information content (AvgIpc) is 2.80. The molecule has 0 saturated heterocycles. The Morgan fingerprint density at radius 1 is 1.28 bits per heavy atom. The lowest BCUT2D eigenvalue weighted by Crippen LogP contribution is -2.16. The van der Waals surface area contributed by atoms with Crippen molar-refractivity contribution in [1.29, 1.82) is 0 Å². The fraction of sp³-hybridized carbons (Fsp3) is 0.500. The molecule has 0 aliphatic rings. The number of nitrogens with zero attached hydrogens (tertiary/aromatic N) is 2. The number of nitrogens with one attached hydrogen (secondary N) is 2. The Labute approximate surface area is 150 Å². The van der Waals surface area contributed by atoms with Crippen LogP contribution in [-0.4, -0.2) is 22.2 Å². The predicted octanol–water partition coefficient (Wildman–Crippen LogP) is 3.45. The first kappa shape index (κ1) is 19.2. The van der Waals surface area contributed by atoms with Crippen LogP contribution in [0.1, 0.15) is 43.3 Å². The lowest BCUT2D eigenvalue weighted by molar-refractivity contribution is -0.115. The van der Waals surface area contributed by atoms with Gasteiger partial charge < -0.3 is 10.6 Å². The highest BCUT2D eigenvalue weighted by Crippen LogP contribution is 2.17. The molecule has 0 unspecified atom stereocenters. The van der Waals surface area contributed by atoms with Gasteiger partial charge in [0.2, 0.25) is 5.91 Å². The molecule has 0 radical (unpaired) electrons. The van der Waals surface area contributed by atoms with Crippen molar-refractivity contribution in [3.63, 3.8) is 0 Å². The summed E-state index contributed by atoms with van der Waals surface area (Å²) in [5.74, 6) is 0.523. The van der Waals surface area contributed by atoms with Crippen LogP contribution in [0.15, 0.2) is 24.3 Å². The van der Waals surface area contributed by atoms with E-state index in [0.29, 0.717) is 12.3 Å². The average molecular weight is 342 g/mol. The summed E-state index contributed by atoms with van der Waals surface area (Å²) < 4.78 is 2.01. The Morgan fingerprint density at radius 3 is 2.72 bits per heavy atom. The van der Waals surface area contributed by atoms with Gasteiger partial charge in [0.05, 0.1) is 12.1 Å². The zero-order chi connectivity index (χ0) is 18.4. The highest BCUT2D eigenvalue weighted by atomic mass is 16.1. The predicted molar refractivity (Wildman–Crippen MR) is 103 cm³/mol. The molecule has 0 fully saturated rings. The van der Waals surface area contributed by atoms with E-state index < -0.39 is 0 Å². The van der Waals surface area contributed by atoms with Crippen LogP contribution in [0.5, 0.6) is 0 Å². The molecule has 25 heavy (non-hydrogen) atoms.